The predicted octanol–water partition coefficient (Wildman–Crippen LogP) is 4.40. The normalized spacial score (nSPS) is 20.9. The number of phenols is 2. The van der Waals surface area contributed by atoms with E-state index in [-0.39, 0.29) is 23.8 Å². The van der Waals surface area contributed by atoms with Crippen LogP contribution in [0.4, 0.5) is 0 Å². The van der Waals surface area contributed by atoms with Gasteiger partial charge in [-0.3, -0.25) is 0 Å². The number of phenolic OH excluding ortho intramolecular Hbond substituents is 2. The van der Waals surface area contributed by atoms with Gasteiger partial charge in [-0.1, -0.05) is 24.3 Å². The van der Waals surface area contributed by atoms with Gasteiger partial charge in [0.05, 0.1) is 16.6 Å². The molecular formula is C20H16N2O3S. The maximum Gasteiger partial charge on any atom is 0.222 e. The molecule has 26 heavy (non-hydrogen) atoms. The van der Waals surface area contributed by atoms with Gasteiger partial charge in [-0.15, -0.1) is 11.3 Å². The topological polar surface area (TPSA) is 65.3 Å². The van der Waals surface area contributed by atoms with E-state index in [0.717, 1.165) is 21.9 Å². The summed E-state index contributed by atoms with van der Waals surface area (Å²) in [5.41, 5.74) is 2.38. The molecule has 0 fully saturated rings. The van der Waals surface area contributed by atoms with Crippen LogP contribution in [-0.2, 0) is 0 Å². The van der Waals surface area contributed by atoms with Crippen LogP contribution in [0.1, 0.15) is 34.7 Å². The van der Waals surface area contributed by atoms with Gasteiger partial charge in [-0.05, 0) is 35.7 Å². The van der Waals surface area contributed by atoms with Crippen LogP contribution in [0.15, 0.2) is 65.1 Å². The van der Waals surface area contributed by atoms with Crippen molar-refractivity contribution in [2.24, 2.45) is 5.10 Å². The van der Waals surface area contributed by atoms with Gasteiger partial charge in [-0.25, -0.2) is 5.01 Å². The number of para-hydroxylation sites is 1. The molecule has 0 aliphatic carbocycles. The third kappa shape index (κ3) is 2.34. The molecular weight excluding hydrogens is 348 g/mol. The maximum absolute atomic E-state index is 10.2. The molecule has 3 aromatic rings. The molecule has 0 unspecified atom stereocenters. The van der Waals surface area contributed by atoms with Gasteiger partial charge in [0.25, 0.3) is 0 Å². The van der Waals surface area contributed by atoms with Crippen LogP contribution in [0.5, 0.6) is 17.2 Å². The number of thiophene rings is 1. The Labute approximate surface area is 154 Å². The highest BCUT2D eigenvalue weighted by molar-refractivity contribution is 7.10. The summed E-state index contributed by atoms with van der Waals surface area (Å²) in [5.74, 6) is 1.09. The zero-order valence-electron chi connectivity index (χ0n) is 13.7. The zero-order chi connectivity index (χ0) is 17.7. The maximum atomic E-state index is 10.2. The van der Waals surface area contributed by atoms with Crippen molar-refractivity contribution in [3.8, 4) is 17.2 Å². The lowest BCUT2D eigenvalue weighted by atomic mass is 9.96. The van der Waals surface area contributed by atoms with Crippen molar-refractivity contribution in [2.75, 3.05) is 0 Å². The lowest BCUT2D eigenvalue weighted by Gasteiger charge is -2.37. The highest BCUT2D eigenvalue weighted by atomic mass is 32.1. The number of benzene rings is 2. The van der Waals surface area contributed by atoms with Crippen LogP contribution < -0.4 is 4.74 Å². The Kier molecular flexibility index (Phi) is 3.39. The molecule has 0 bridgehead atoms. The minimum Gasteiger partial charge on any atom is -0.508 e. The summed E-state index contributed by atoms with van der Waals surface area (Å²) in [6.45, 7) is 0. The molecule has 0 radical (unpaired) electrons. The predicted molar refractivity (Wildman–Crippen MR) is 99.6 cm³/mol. The first-order valence-corrected chi connectivity index (χ1v) is 9.26. The summed E-state index contributed by atoms with van der Waals surface area (Å²) >= 11 is 1.63. The standard InChI is InChI=1S/C20H16N2O3S/c23-12-7-8-17(24)14(10-12)15-11-16-13-4-1-2-5-18(13)25-20(22(16)21-15)19-6-3-9-26-19/h1-10,16,20,23-24H,11H2/t16-,20+/m1/s1. The van der Waals surface area contributed by atoms with Crippen LogP contribution in [0, 0.1) is 0 Å². The molecule has 1 aromatic heterocycles. The smallest absolute Gasteiger partial charge is 0.222 e. The summed E-state index contributed by atoms with van der Waals surface area (Å²) in [6.07, 6.45) is 0.339. The number of hydrogen-bond acceptors (Lipinski definition) is 6. The van der Waals surface area contributed by atoms with E-state index in [1.807, 2.05) is 40.7 Å². The molecule has 6 heteroatoms. The van der Waals surface area contributed by atoms with Crippen LogP contribution in [0.2, 0.25) is 0 Å². The van der Waals surface area contributed by atoms with Gasteiger partial charge >= 0.3 is 0 Å². The molecule has 3 heterocycles. The van der Waals surface area contributed by atoms with Gasteiger partial charge in [0.2, 0.25) is 6.23 Å². The summed E-state index contributed by atoms with van der Waals surface area (Å²) < 4.78 is 6.25. The minimum absolute atomic E-state index is 0.0313. The van der Waals surface area contributed by atoms with Crippen molar-refractivity contribution in [3.63, 3.8) is 0 Å². The zero-order valence-corrected chi connectivity index (χ0v) is 14.6. The first kappa shape index (κ1) is 15.3. The van der Waals surface area contributed by atoms with E-state index in [0.29, 0.717) is 12.0 Å². The lowest BCUT2D eigenvalue weighted by molar-refractivity contribution is -0.0165. The van der Waals surface area contributed by atoms with E-state index in [1.54, 1.807) is 17.4 Å². The number of ether oxygens (including phenoxy) is 1. The SMILES string of the molecule is Oc1ccc(O)c(C2=NN3[C@H](C2)c2ccccc2O[C@H]3c2cccs2)c1. The fraction of sp³-hybridized carbons (Fsp3) is 0.150. The molecule has 130 valence electrons. The largest absolute Gasteiger partial charge is 0.508 e. The summed E-state index contributed by atoms with van der Waals surface area (Å²) in [7, 11) is 0. The molecule has 2 aliphatic rings. The summed E-state index contributed by atoms with van der Waals surface area (Å²) in [4.78, 5) is 1.08. The van der Waals surface area contributed by atoms with Gasteiger partial charge in [-0.2, -0.15) is 5.10 Å². The van der Waals surface area contributed by atoms with E-state index in [1.165, 1.54) is 12.1 Å². The van der Waals surface area contributed by atoms with Crippen LogP contribution in [0.25, 0.3) is 0 Å². The van der Waals surface area contributed by atoms with Crippen LogP contribution in [0.3, 0.4) is 0 Å². The lowest BCUT2D eigenvalue weighted by Crippen LogP contribution is -2.33. The van der Waals surface area contributed by atoms with E-state index >= 15 is 0 Å². The second-order valence-electron chi connectivity index (χ2n) is 6.37. The monoisotopic (exact) mass is 364 g/mol. The van der Waals surface area contributed by atoms with Crippen molar-refractivity contribution in [2.45, 2.75) is 18.7 Å². The molecule has 0 saturated heterocycles. The average molecular weight is 364 g/mol. The molecule has 2 aliphatic heterocycles. The van der Waals surface area contributed by atoms with E-state index in [4.69, 9.17) is 9.84 Å². The van der Waals surface area contributed by atoms with Gasteiger partial charge < -0.3 is 14.9 Å². The fourth-order valence-corrected chi connectivity index (χ4v) is 4.32. The van der Waals surface area contributed by atoms with Crippen LogP contribution >= 0.6 is 11.3 Å². The molecule has 2 N–H and O–H groups in total. The number of hydrogen-bond donors (Lipinski definition) is 2. The summed E-state index contributed by atoms with van der Waals surface area (Å²) in [5, 5.41) is 28.8. The number of aromatic hydroxyl groups is 2. The Morgan fingerprint density at radius 3 is 2.81 bits per heavy atom. The third-order valence-electron chi connectivity index (χ3n) is 4.78. The quantitative estimate of drug-likeness (QED) is 0.662. The number of hydrazone groups is 1. The molecule has 2 aromatic carbocycles. The fourth-order valence-electron chi connectivity index (χ4n) is 3.57. The number of rotatable bonds is 2. The Hall–Kier alpha value is -2.99. The summed E-state index contributed by atoms with van der Waals surface area (Å²) in [6, 6.07) is 16.6. The molecule has 2 atom stereocenters. The number of nitrogens with zero attached hydrogens (tertiary/aromatic N) is 2. The van der Waals surface area contributed by atoms with Crippen molar-refractivity contribution >= 4 is 17.0 Å². The molecule has 5 nitrogen and oxygen atoms in total. The van der Waals surface area contributed by atoms with Crippen molar-refractivity contribution in [1.29, 1.82) is 0 Å². The molecule has 5 rings (SSSR count). The highest BCUT2D eigenvalue weighted by Crippen LogP contribution is 2.48. The first-order chi connectivity index (χ1) is 12.7. The molecule has 0 saturated carbocycles. The minimum atomic E-state index is -0.299. The molecule has 0 spiro atoms. The Morgan fingerprint density at radius 1 is 1.08 bits per heavy atom. The number of fused-ring (bicyclic) bond motifs is 3. The Morgan fingerprint density at radius 2 is 1.96 bits per heavy atom. The second-order valence-corrected chi connectivity index (χ2v) is 7.35. The Bertz CT molecular complexity index is 1000. The third-order valence-corrected chi connectivity index (χ3v) is 5.68. The average Bonchev–Trinajstić information content (AvgIpc) is 3.33. The van der Waals surface area contributed by atoms with Crippen molar-refractivity contribution in [1.82, 2.24) is 5.01 Å². The van der Waals surface area contributed by atoms with Gasteiger partial charge in [0.15, 0.2) is 0 Å². The first-order valence-electron chi connectivity index (χ1n) is 8.38. The van der Waals surface area contributed by atoms with E-state index in [9.17, 15) is 10.2 Å². The Balaban J connectivity index is 1.62. The highest BCUT2D eigenvalue weighted by Gasteiger charge is 2.41. The van der Waals surface area contributed by atoms with Gasteiger partial charge in [0, 0.05) is 17.5 Å². The van der Waals surface area contributed by atoms with Crippen molar-refractivity contribution < 1.29 is 14.9 Å². The second kappa shape index (κ2) is 5.78. The van der Waals surface area contributed by atoms with E-state index < -0.39 is 0 Å². The van der Waals surface area contributed by atoms with Crippen molar-refractivity contribution in [3.05, 3.63) is 76.0 Å². The molecule has 0 amide bonds. The van der Waals surface area contributed by atoms with E-state index in [2.05, 4.69) is 6.07 Å². The van der Waals surface area contributed by atoms with Crippen LogP contribution in [-0.4, -0.2) is 20.9 Å². The van der Waals surface area contributed by atoms with Gasteiger partial charge in [0.1, 0.15) is 17.2 Å².